The molecule has 0 bridgehead atoms. The van der Waals surface area contributed by atoms with Gasteiger partial charge in [-0.15, -0.1) is 0 Å². The number of amides is 3. The molecular weight excluding hydrogens is 384 g/mol. The van der Waals surface area contributed by atoms with Gasteiger partial charge in [-0.3, -0.25) is 24.6 Å². The molecule has 30 heavy (non-hydrogen) atoms. The number of hydrogen-bond acceptors (Lipinski definition) is 6. The SMILES string of the molecule is NC1COC2(CCN(Cc3ccc4c(c3)C(=O)N(C3CCC(=O)NC3=O)C4)CC2)C1. The molecule has 0 radical (unpaired) electrons. The Kier molecular flexibility index (Phi) is 4.88. The van der Waals surface area contributed by atoms with Crippen LogP contribution in [0.25, 0.3) is 0 Å². The number of hydrogen-bond donors (Lipinski definition) is 2. The summed E-state index contributed by atoms with van der Waals surface area (Å²) < 4.78 is 6.00. The lowest BCUT2D eigenvalue weighted by molar-refractivity contribution is -0.136. The van der Waals surface area contributed by atoms with Gasteiger partial charge in [0.25, 0.3) is 5.91 Å². The first-order valence-corrected chi connectivity index (χ1v) is 10.8. The predicted octanol–water partition coefficient (Wildman–Crippen LogP) is 0.530. The first kappa shape index (κ1) is 19.7. The fourth-order valence-corrected chi connectivity index (χ4v) is 5.31. The average molecular weight is 412 g/mol. The molecule has 160 valence electrons. The van der Waals surface area contributed by atoms with Crippen molar-refractivity contribution in [1.82, 2.24) is 15.1 Å². The summed E-state index contributed by atoms with van der Waals surface area (Å²) >= 11 is 0. The maximum absolute atomic E-state index is 13.0. The van der Waals surface area contributed by atoms with Crippen LogP contribution in [0, 0.1) is 0 Å². The van der Waals surface area contributed by atoms with Gasteiger partial charge in [-0.1, -0.05) is 12.1 Å². The van der Waals surface area contributed by atoms with Gasteiger partial charge in [0.1, 0.15) is 6.04 Å². The highest BCUT2D eigenvalue weighted by Crippen LogP contribution is 2.36. The van der Waals surface area contributed by atoms with Gasteiger partial charge >= 0.3 is 0 Å². The van der Waals surface area contributed by atoms with E-state index in [4.69, 9.17) is 10.5 Å². The summed E-state index contributed by atoms with van der Waals surface area (Å²) in [7, 11) is 0. The number of ether oxygens (including phenoxy) is 1. The van der Waals surface area contributed by atoms with E-state index >= 15 is 0 Å². The standard InChI is InChI=1S/C22H28N4O4/c23-16-10-22(30-13-16)5-7-25(8-6-22)11-14-1-2-15-12-26(21(29)17(15)9-14)18-3-4-19(27)24-20(18)28/h1-2,9,16,18H,3-8,10-13,23H2,(H,24,27,28). The van der Waals surface area contributed by atoms with Crippen molar-refractivity contribution in [3.05, 3.63) is 34.9 Å². The van der Waals surface area contributed by atoms with Crippen LogP contribution in [-0.4, -0.2) is 64.9 Å². The second-order valence-electron chi connectivity index (χ2n) is 9.13. The van der Waals surface area contributed by atoms with E-state index in [1.165, 1.54) is 0 Å². The molecule has 8 heteroatoms. The molecular formula is C22H28N4O4. The van der Waals surface area contributed by atoms with Crippen LogP contribution < -0.4 is 11.1 Å². The number of carbonyl (C=O) groups is 3. The third kappa shape index (κ3) is 3.53. The first-order chi connectivity index (χ1) is 14.4. The van der Waals surface area contributed by atoms with Crippen molar-refractivity contribution in [2.75, 3.05) is 19.7 Å². The van der Waals surface area contributed by atoms with Gasteiger partial charge in [-0.25, -0.2) is 0 Å². The Labute approximate surface area is 175 Å². The average Bonchev–Trinajstić information content (AvgIpc) is 3.24. The molecule has 4 aliphatic rings. The fourth-order valence-electron chi connectivity index (χ4n) is 5.31. The van der Waals surface area contributed by atoms with Crippen LogP contribution in [0.4, 0.5) is 0 Å². The highest BCUT2D eigenvalue weighted by Gasteiger charge is 2.42. The summed E-state index contributed by atoms with van der Waals surface area (Å²) in [5, 5.41) is 2.35. The van der Waals surface area contributed by atoms with Crippen LogP contribution in [0.5, 0.6) is 0 Å². The van der Waals surface area contributed by atoms with Crippen molar-refractivity contribution >= 4 is 17.7 Å². The van der Waals surface area contributed by atoms with Gasteiger partial charge in [0.15, 0.2) is 0 Å². The lowest BCUT2D eigenvalue weighted by Crippen LogP contribution is -2.52. The highest BCUT2D eigenvalue weighted by molar-refractivity contribution is 6.05. The van der Waals surface area contributed by atoms with E-state index in [0.717, 1.165) is 50.0 Å². The Balaban J connectivity index is 1.23. The molecule has 4 aliphatic heterocycles. The van der Waals surface area contributed by atoms with Crippen molar-refractivity contribution < 1.29 is 19.1 Å². The maximum Gasteiger partial charge on any atom is 0.255 e. The molecule has 3 N–H and O–H groups in total. The zero-order valence-electron chi connectivity index (χ0n) is 17.1. The number of benzene rings is 1. The molecule has 2 unspecified atom stereocenters. The minimum Gasteiger partial charge on any atom is -0.373 e. The first-order valence-electron chi connectivity index (χ1n) is 10.8. The molecule has 1 aromatic carbocycles. The Morgan fingerprint density at radius 3 is 2.70 bits per heavy atom. The van der Waals surface area contributed by atoms with Gasteiger partial charge in [-0.05, 0) is 42.9 Å². The number of imide groups is 1. The Hall–Kier alpha value is -2.29. The topological polar surface area (TPSA) is 105 Å². The number of nitrogens with two attached hydrogens (primary N) is 1. The maximum atomic E-state index is 13.0. The van der Waals surface area contributed by atoms with Crippen LogP contribution in [0.1, 0.15) is 53.6 Å². The van der Waals surface area contributed by atoms with E-state index < -0.39 is 6.04 Å². The Bertz CT molecular complexity index is 893. The summed E-state index contributed by atoms with van der Waals surface area (Å²) in [6.45, 7) is 3.79. The largest absolute Gasteiger partial charge is 0.373 e. The molecule has 2 atom stereocenters. The molecule has 3 fully saturated rings. The van der Waals surface area contributed by atoms with Gasteiger partial charge < -0.3 is 15.4 Å². The molecule has 5 rings (SSSR count). The fraction of sp³-hybridized carbons (Fsp3) is 0.591. The summed E-state index contributed by atoms with van der Waals surface area (Å²) in [6.07, 6.45) is 3.59. The molecule has 1 spiro atoms. The molecule has 0 aromatic heterocycles. The third-order valence-corrected chi connectivity index (χ3v) is 7.00. The van der Waals surface area contributed by atoms with Crippen LogP contribution in [0.3, 0.4) is 0 Å². The van der Waals surface area contributed by atoms with Crippen molar-refractivity contribution in [3.63, 3.8) is 0 Å². The van der Waals surface area contributed by atoms with E-state index in [-0.39, 0.29) is 35.8 Å². The zero-order chi connectivity index (χ0) is 20.9. The van der Waals surface area contributed by atoms with Crippen molar-refractivity contribution in [3.8, 4) is 0 Å². The van der Waals surface area contributed by atoms with Crippen LogP contribution in [-0.2, 0) is 27.4 Å². The summed E-state index contributed by atoms with van der Waals surface area (Å²) in [6, 6.07) is 5.63. The number of carbonyl (C=O) groups excluding carboxylic acids is 3. The molecule has 4 heterocycles. The Morgan fingerprint density at radius 1 is 1.20 bits per heavy atom. The second-order valence-corrected chi connectivity index (χ2v) is 9.13. The number of nitrogens with one attached hydrogen (secondary N) is 1. The van der Waals surface area contributed by atoms with Crippen molar-refractivity contribution in [1.29, 1.82) is 0 Å². The quantitative estimate of drug-likeness (QED) is 0.702. The number of nitrogens with zero attached hydrogens (tertiary/aromatic N) is 2. The number of fused-ring (bicyclic) bond motifs is 1. The number of likely N-dealkylation sites (tertiary alicyclic amines) is 1. The lowest BCUT2D eigenvalue weighted by Gasteiger charge is -2.38. The minimum atomic E-state index is -0.567. The van der Waals surface area contributed by atoms with Gasteiger partial charge in [0, 0.05) is 44.2 Å². The van der Waals surface area contributed by atoms with Crippen LogP contribution in [0.2, 0.25) is 0 Å². The molecule has 1 aromatic rings. The monoisotopic (exact) mass is 412 g/mol. The smallest absolute Gasteiger partial charge is 0.255 e. The lowest BCUT2D eigenvalue weighted by atomic mass is 9.87. The van der Waals surface area contributed by atoms with Gasteiger partial charge in [-0.2, -0.15) is 0 Å². The minimum absolute atomic E-state index is 0.0354. The molecule has 0 saturated carbocycles. The zero-order valence-corrected chi connectivity index (χ0v) is 17.1. The normalized spacial score (nSPS) is 28.8. The number of rotatable bonds is 3. The summed E-state index contributed by atoms with van der Waals surface area (Å²) in [5.74, 6) is -0.757. The summed E-state index contributed by atoms with van der Waals surface area (Å²) in [5.41, 5.74) is 8.72. The number of piperidine rings is 2. The van der Waals surface area contributed by atoms with Crippen molar-refractivity contribution in [2.24, 2.45) is 5.73 Å². The van der Waals surface area contributed by atoms with Crippen molar-refractivity contribution in [2.45, 2.75) is 62.9 Å². The summed E-state index contributed by atoms with van der Waals surface area (Å²) in [4.78, 5) is 40.6. The van der Waals surface area contributed by atoms with E-state index in [1.807, 2.05) is 12.1 Å². The van der Waals surface area contributed by atoms with Gasteiger partial charge in [0.05, 0.1) is 12.2 Å². The molecule has 0 aliphatic carbocycles. The van der Waals surface area contributed by atoms with Gasteiger partial charge in [0.2, 0.25) is 11.8 Å². The van der Waals surface area contributed by atoms with Crippen LogP contribution in [0.15, 0.2) is 18.2 Å². The van der Waals surface area contributed by atoms with E-state index in [1.54, 1.807) is 4.90 Å². The predicted molar refractivity (Wildman–Crippen MR) is 108 cm³/mol. The third-order valence-electron chi connectivity index (χ3n) is 7.00. The highest BCUT2D eigenvalue weighted by atomic mass is 16.5. The van der Waals surface area contributed by atoms with E-state index in [9.17, 15) is 14.4 Å². The Morgan fingerprint density at radius 2 is 2.00 bits per heavy atom. The van der Waals surface area contributed by atoms with E-state index in [2.05, 4.69) is 16.3 Å². The second kappa shape index (κ2) is 7.44. The van der Waals surface area contributed by atoms with E-state index in [0.29, 0.717) is 25.1 Å². The molecule has 3 amide bonds. The molecule has 8 nitrogen and oxygen atoms in total. The van der Waals surface area contributed by atoms with Crippen LogP contribution >= 0.6 is 0 Å². The molecule has 3 saturated heterocycles.